The smallest absolute Gasteiger partial charge is 0.377 e. The van der Waals surface area contributed by atoms with E-state index in [0.29, 0.717) is 0 Å². The molecule has 2 N–H and O–H groups in total. The molecule has 2 aliphatic rings. The van der Waals surface area contributed by atoms with Gasteiger partial charge in [0.15, 0.2) is 0 Å². The van der Waals surface area contributed by atoms with Crippen molar-refractivity contribution in [1.82, 2.24) is 15.5 Å². The Morgan fingerprint density at radius 1 is 1.29 bits per heavy atom. The number of nitrogens with zero attached hydrogens (tertiary/aromatic N) is 1. The minimum absolute atomic E-state index is 0.0730. The molecule has 1 atom stereocenters. The zero-order valence-electron chi connectivity index (χ0n) is 11.4. The fourth-order valence-electron chi connectivity index (χ4n) is 2.06. The molecule has 1 saturated heterocycles. The Balaban J connectivity index is 1.84. The number of morpholine rings is 1. The maximum absolute atomic E-state index is 12.0. The number of amides is 2. The largest absolute Gasteiger partial charge is 0.401 e. The first kappa shape index (κ1) is 16.0. The summed E-state index contributed by atoms with van der Waals surface area (Å²) in [7, 11) is 0. The van der Waals surface area contributed by atoms with Crippen LogP contribution in [0.1, 0.15) is 12.8 Å². The van der Waals surface area contributed by atoms with Crippen LogP contribution in [0, 0.1) is 0 Å². The molecular formula is C12H18F3N3O3. The molecule has 1 saturated carbocycles. The standard InChI is InChI=1S/C12H18F3N3O3/c13-12(14,15)7-16-5-10(19)18-3-4-21-6-9(18)11(20)17-8-1-2-8/h8-9,16H,1-7H2,(H,17,20). The van der Waals surface area contributed by atoms with Gasteiger partial charge in [-0.25, -0.2) is 0 Å². The van der Waals surface area contributed by atoms with E-state index < -0.39 is 31.2 Å². The third-order valence-corrected chi connectivity index (χ3v) is 3.28. The Morgan fingerprint density at radius 2 is 2.00 bits per heavy atom. The van der Waals surface area contributed by atoms with E-state index in [9.17, 15) is 22.8 Å². The zero-order chi connectivity index (χ0) is 15.5. The highest BCUT2D eigenvalue weighted by Gasteiger charge is 2.35. The monoisotopic (exact) mass is 309 g/mol. The van der Waals surface area contributed by atoms with Gasteiger partial charge in [-0.05, 0) is 12.8 Å². The number of halogens is 3. The molecule has 1 heterocycles. The molecule has 0 spiro atoms. The number of alkyl halides is 3. The fourth-order valence-corrected chi connectivity index (χ4v) is 2.06. The van der Waals surface area contributed by atoms with E-state index in [4.69, 9.17) is 4.74 Å². The number of rotatable bonds is 5. The first-order chi connectivity index (χ1) is 9.87. The number of carbonyl (C=O) groups is 2. The molecule has 21 heavy (non-hydrogen) atoms. The topological polar surface area (TPSA) is 70.7 Å². The van der Waals surface area contributed by atoms with Crippen LogP contribution in [0.4, 0.5) is 13.2 Å². The van der Waals surface area contributed by atoms with E-state index in [1.807, 2.05) is 5.32 Å². The summed E-state index contributed by atoms with van der Waals surface area (Å²) in [6, 6.07) is -0.612. The van der Waals surface area contributed by atoms with Crippen molar-refractivity contribution >= 4 is 11.8 Å². The molecule has 2 amide bonds. The molecule has 1 unspecified atom stereocenters. The van der Waals surface area contributed by atoms with Crippen LogP contribution < -0.4 is 10.6 Å². The Hall–Kier alpha value is -1.35. The SMILES string of the molecule is O=C(NC1CC1)C1COCCN1C(=O)CNCC(F)(F)F. The van der Waals surface area contributed by atoms with E-state index in [2.05, 4.69) is 5.32 Å². The number of hydrogen-bond donors (Lipinski definition) is 2. The van der Waals surface area contributed by atoms with Gasteiger partial charge >= 0.3 is 6.18 Å². The zero-order valence-corrected chi connectivity index (χ0v) is 11.4. The second-order valence-corrected chi connectivity index (χ2v) is 5.18. The number of hydrogen-bond acceptors (Lipinski definition) is 4. The lowest BCUT2D eigenvalue weighted by molar-refractivity contribution is -0.149. The highest BCUT2D eigenvalue weighted by molar-refractivity contribution is 5.89. The predicted octanol–water partition coefficient (Wildman–Crippen LogP) is -0.356. The van der Waals surface area contributed by atoms with Crippen LogP contribution in [0.25, 0.3) is 0 Å². The van der Waals surface area contributed by atoms with E-state index in [1.165, 1.54) is 4.90 Å². The molecule has 1 aliphatic carbocycles. The average Bonchev–Trinajstić information content (AvgIpc) is 3.21. The van der Waals surface area contributed by atoms with E-state index in [-0.39, 0.29) is 31.7 Å². The average molecular weight is 309 g/mol. The molecular weight excluding hydrogens is 291 g/mol. The van der Waals surface area contributed by atoms with Gasteiger partial charge in [0.1, 0.15) is 6.04 Å². The van der Waals surface area contributed by atoms with Gasteiger partial charge in [-0.15, -0.1) is 0 Å². The van der Waals surface area contributed by atoms with Crippen molar-refractivity contribution in [1.29, 1.82) is 0 Å². The van der Waals surface area contributed by atoms with E-state index in [0.717, 1.165) is 12.8 Å². The normalized spacial score (nSPS) is 23.0. The van der Waals surface area contributed by atoms with Crippen LogP contribution in [0.2, 0.25) is 0 Å². The van der Waals surface area contributed by atoms with Gasteiger partial charge in [-0.1, -0.05) is 0 Å². The highest BCUT2D eigenvalue weighted by Crippen LogP contribution is 2.19. The van der Waals surface area contributed by atoms with Crippen LogP contribution in [0.5, 0.6) is 0 Å². The van der Waals surface area contributed by atoms with Crippen LogP contribution in [0.3, 0.4) is 0 Å². The maximum Gasteiger partial charge on any atom is 0.401 e. The highest BCUT2D eigenvalue weighted by atomic mass is 19.4. The summed E-state index contributed by atoms with van der Waals surface area (Å²) in [4.78, 5) is 25.3. The summed E-state index contributed by atoms with van der Waals surface area (Å²) in [6.45, 7) is -1.13. The number of ether oxygens (including phenoxy) is 1. The van der Waals surface area contributed by atoms with Crippen molar-refractivity contribution in [2.75, 3.05) is 32.8 Å². The molecule has 2 rings (SSSR count). The van der Waals surface area contributed by atoms with Crippen LogP contribution in [-0.2, 0) is 14.3 Å². The van der Waals surface area contributed by atoms with Crippen molar-refractivity contribution in [2.24, 2.45) is 0 Å². The van der Waals surface area contributed by atoms with Crippen molar-refractivity contribution in [3.8, 4) is 0 Å². The minimum Gasteiger partial charge on any atom is -0.377 e. The Morgan fingerprint density at radius 3 is 2.62 bits per heavy atom. The van der Waals surface area contributed by atoms with Gasteiger partial charge in [0.25, 0.3) is 0 Å². The van der Waals surface area contributed by atoms with Gasteiger partial charge in [0, 0.05) is 12.6 Å². The molecule has 6 nitrogen and oxygen atoms in total. The van der Waals surface area contributed by atoms with Crippen LogP contribution >= 0.6 is 0 Å². The molecule has 120 valence electrons. The van der Waals surface area contributed by atoms with Gasteiger partial charge in [-0.3, -0.25) is 9.59 Å². The summed E-state index contributed by atoms with van der Waals surface area (Å²) in [5, 5.41) is 4.82. The van der Waals surface area contributed by atoms with E-state index in [1.54, 1.807) is 0 Å². The molecule has 0 bridgehead atoms. The summed E-state index contributed by atoms with van der Waals surface area (Å²) in [6.07, 6.45) is -2.53. The molecule has 1 aliphatic heterocycles. The Kier molecular flexibility index (Phi) is 5.04. The summed E-state index contributed by atoms with van der Waals surface area (Å²) < 4.78 is 41.3. The molecule has 0 aromatic rings. The maximum atomic E-state index is 12.0. The van der Waals surface area contributed by atoms with Crippen molar-refractivity contribution in [2.45, 2.75) is 31.1 Å². The van der Waals surface area contributed by atoms with E-state index >= 15 is 0 Å². The molecule has 0 aromatic heterocycles. The third-order valence-electron chi connectivity index (χ3n) is 3.28. The third kappa shape index (κ3) is 5.16. The predicted molar refractivity (Wildman–Crippen MR) is 66.4 cm³/mol. The lowest BCUT2D eigenvalue weighted by atomic mass is 10.2. The minimum atomic E-state index is -4.37. The number of carbonyl (C=O) groups excluding carboxylic acids is 2. The molecule has 9 heteroatoms. The summed E-state index contributed by atoms with van der Waals surface area (Å²) >= 11 is 0. The Labute approximate surface area is 120 Å². The van der Waals surface area contributed by atoms with Gasteiger partial charge in [0.2, 0.25) is 11.8 Å². The molecule has 0 radical (unpaired) electrons. The summed E-state index contributed by atoms with van der Waals surface area (Å²) in [5.41, 5.74) is 0. The quantitative estimate of drug-likeness (QED) is 0.728. The van der Waals surface area contributed by atoms with Gasteiger partial charge in [-0.2, -0.15) is 13.2 Å². The second kappa shape index (κ2) is 6.61. The molecule has 2 fully saturated rings. The van der Waals surface area contributed by atoms with Gasteiger partial charge < -0.3 is 20.3 Å². The van der Waals surface area contributed by atoms with Gasteiger partial charge in [0.05, 0.1) is 26.3 Å². The van der Waals surface area contributed by atoms with Crippen molar-refractivity contribution < 1.29 is 27.5 Å². The Bertz CT molecular complexity index is 399. The first-order valence-corrected chi connectivity index (χ1v) is 6.82. The second-order valence-electron chi connectivity index (χ2n) is 5.18. The summed E-state index contributed by atoms with van der Waals surface area (Å²) in [5.74, 6) is -0.833. The van der Waals surface area contributed by atoms with Crippen LogP contribution in [0.15, 0.2) is 0 Å². The van der Waals surface area contributed by atoms with Crippen molar-refractivity contribution in [3.63, 3.8) is 0 Å². The van der Waals surface area contributed by atoms with Crippen LogP contribution in [-0.4, -0.2) is 67.8 Å². The van der Waals surface area contributed by atoms with Crippen molar-refractivity contribution in [3.05, 3.63) is 0 Å². The number of nitrogens with one attached hydrogen (secondary N) is 2. The molecule has 0 aromatic carbocycles. The first-order valence-electron chi connectivity index (χ1n) is 6.82. The fraction of sp³-hybridized carbons (Fsp3) is 0.833. The lowest BCUT2D eigenvalue weighted by Crippen LogP contribution is -2.57. The lowest BCUT2D eigenvalue weighted by Gasteiger charge is -2.34.